The Hall–Kier alpha value is -0.120. The van der Waals surface area contributed by atoms with Gasteiger partial charge in [-0.2, -0.15) is 0 Å². The van der Waals surface area contributed by atoms with Crippen molar-refractivity contribution in [3.8, 4) is 0 Å². The molecule has 3 nitrogen and oxygen atoms in total. The molecular formula is C15H30N2O. The highest BCUT2D eigenvalue weighted by Crippen LogP contribution is 2.39. The van der Waals surface area contributed by atoms with Crippen molar-refractivity contribution < 1.29 is 5.11 Å². The highest BCUT2D eigenvalue weighted by Gasteiger charge is 2.36. The zero-order valence-electron chi connectivity index (χ0n) is 12.3. The zero-order chi connectivity index (χ0) is 13.2. The van der Waals surface area contributed by atoms with Gasteiger partial charge in [-0.3, -0.25) is 0 Å². The molecule has 1 atom stereocenters. The minimum atomic E-state index is -0.453. The summed E-state index contributed by atoms with van der Waals surface area (Å²) < 4.78 is 0. The Bertz CT molecular complexity index is 268. The van der Waals surface area contributed by atoms with E-state index >= 15 is 0 Å². The lowest BCUT2D eigenvalue weighted by atomic mass is 9.71. The number of nitrogens with zero attached hydrogens (tertiary/aromatic N) is 1. The second-order valence-corrected chi connectivity index (χ2v) is 7.37. The van der Waals surface area contributed by atoms with Crippen molar-refractivity contribution in [3.05, 3.63) is 0 Å². The summed E-state index contributed by atoms with van der Waals surface area (Å²) in [5, 5.41) is 14.2. The number of aliphatic hydroxyl groups is 1. The van der Waals surface area contributed by atoms with E-state index in [0.29, 0.717) is 11.5 Å². The summed E-state index contributed by atoms with van der Waals surface area (Å²) in [6.07, 6.45) is 6.74. The predicted octanol–water partition coefficient (Wildman–Crippen LogP) is 2.00. The van der Waals surface area contributed by atoms with Gasteiger partial charge in [0.25, 0.3) is 0 Å². The van der Waals surface area contributed by atoms with Gasteiger partial charge in [0.15, 0.2) is 0 Å². The third kappa shape index (κ3) is 3.94. The smallest absolute Gasteiger partial charge is 0.0772 e. The number of hydrogen-bond donors (Lipinski definition) is 2. The van der Waals surface area contributed by atoms with Crippen LogP contribution in [-0.2, 0) is 0 Å². The van der Waals surface area contributed by atoms with Crippen molar-refractivity contribution in [1.29, 1.82) is 0 Å². The molecule has 0 amide bonds. The first-order chi connectivity index (χ1) is 8.39. The average Bonchev–Trinajstić information content (AvgIpc) is 2.32. The molecule has 0 aromatic heterocycles. The molecule has 0 radical (unpaired) electrons. The van der Waals surface area contributed by atoms with Gasteiger partial charge < -0.3 is 15.3 Å². The minimum Gasteiger partial charge on any atom is -0.389 e. The van der Waals surface area contributed by atoms with Crippen molar-refractivity contribution in [1.82, 2.24) is 10.2 Å². The van der Waals surface area contributed by atoms with E-state index < -0.39 is 5.60 Å². The standard InChI is InChI=1S/C15H30N2O/c1-14(2)6-8-15(18,9-7-14)12-16-13-5-4-10-17(3)11-13/h13,16,18H,4-12H2,1-3H3. The Kier molecular flexibility index (Phi) is 4.35. The quantitative estimate of drug-likeness (QED) is 0.808. The van der Waals surface area contributed by atoms with Crippen LogP contribution in [-0.4, -0.2) is 48.3 Å². The van der Waals surface area contributed by atoms with E-state index in [1.165, 1.54) is 19.4 Å². The SMILES string of the molecule is CN1CCCC(NCC2(O)CCC(C)(C)CC2)C1. The highest BCUT2D eigenvalue weighted by atomic mass is 16.3. The fraction of sp³-hybridized carbons (Fsp3) is 1.00. The Morgan fingerprint density at radius 1 is 1.22 bits per heavy atom. The van der Waals surface area contributed by atoms with Gasteiger partial charge in [-0.05, 0) is 57.5 Å². The molecule has 0 bridgehead atoms. The molecule has 2 rings (SSSR count). The molecule has 3 heteroatoms. The lowest BCUT2D eigenvalue weighted by molar-refractivity contribution is -0.0273. The van der Waals surface area contributed by atoms with Crippen LogP contribution in [0.2, 0.25) is 0 Å². The zero-order valence-corrected chi connectivity index (χ0v) is 12.3. The molecule has 2 aliphatic rings. The van der Waals surface area contributed by atoms with Crippen LogP contribution in [0, 0.1) is 5.41 Å². The third-order valence-corrected chi connectivity index (χ3v) is 4.88. The normalized spacial score (nSPS) is 32.3. The van der Waals surface area contributed by atoms with Crippen LogP contribution in [0.4, 0.5) is 0 Å². The molecule has 2 fully saturated rings. The van der Waals surface area contributed by atoms with Crippen LogP contribution in [0.15, 0.2) is 0 Å². The number of likely N-dealkylation sites (tertiary alicyclic amines) is 1. The van der Waals surface area contributed by atoms with Gasteiger partial charge in [0.05, 0.1) is 5.60 Å². The van der Waals surface area contributed by atoms with Crippen molar-refractivity contribution in [2.45, 2.75) is 64.0 Å². The van der Waals surface area contributed by atoms with Crippen molar-refractivity contribution in [2.24, 2.45) is 5.41 Å². The number of piperidine rings is 1. The second kappa shape index (κ2) is 5.48. The Labute approximate surface area is 112 Å². The van der Waals surface area contributed by atoms with E-state index in [1.807, 2.05) is 0 Å². The van der Waals surface area contributed by atoms with E-state index in [2.05, 4.69) is 31.1 Å². The monoisotopic (exact) mass is 254 g/mol. The van der Waals surface area contributed by atoms with Crippen LogP contribution in [0.1, 0.15) is 52.4 Å². The molecule has 1 saturated carbocycles. The Balaban J connectivity index is 1.76. The summed E-state index contributed by atoms with van der Waals surface area (Å²) in [6, 6.07) is 0.572. The van der Waals surface area contributed by atoms with Gasteiger partial charge >= 0.3 is 0 Å². The molecular weight excluding hydrogens is 224 g/mol. The van der Waals surface area contributed by atoms with E-state index in [1.54, 1.807) is 0 Å². The van der Waals surface area contributed by atoms with Crippen LogP contribution < -0.4 is 5.32 Å². The molecule has 106 valence electrons. The Morgan fingerprint density at radius 2 is 1.89 bits per heavy atom. The molecule has 1 aliphatic carbocycles. The van der Waals surface area contributed by atoms with Crippen LogP contribution >= 0.6 is 0 Å². The molecule has 0 aromatic rings. The van der Waals surface area contributed by atoms with Crippen molar-refractivity contribution in [2.75, 3.05) is 26.7 Å². The van der Waals surface area contributed by atoms with Crippen LogP contribution in [0.3, 0.4) is 0 Å². The largest absolute Gasteiger partial charge is 0.389 e. The van der Waals surface area contributed by atoms with Gasteiger partial charge in [-0.15, -0.1) is 0 Å². The average molecular weight is 254 g/mol. The molecule has 1 aliphatic heterocycles. The van der Waals surface area contributed by atoms with Crippen molar-refractivity contribution >= 4 is 0 Å². The Morgan fingerprint density at radius 3 is 2.50 bits per heavy atom. The fourth-order valence-electron chi connectivity index (χ4n) is 3.24. The van der Waals surface area contributed by atoms with Crippen LogP contribution in [0.25, 0.3) is 0 Å². The number of rotatable bonds is 3. The topological polar surface area (TPSA) is 35.5 Å². The van der Waals surface area contributed by atoms with Gasteiger partial charge in [-0.1, -0.05) is 13.8 Å². The summed E-state index contributed by atoms with van der Waals surface area (Å²) in [5.74, 6) is 0. The van der Waals surface area contributed by atoms with E-state index in [9.17, 15) is 5.11 Å². The maximum atomic E-state index is 10.6. The summed E-state index contributed by atoms with van der Waals surface area (Å²) in [5.41, 5.74) is -0.0250. The number of nitrogens with one attached hydrogen (secondary N) is 1. The predicted molar refractivity (Wildman–Crippen MR) is 75.7 cm³/mol. The van der Waals surface area contributed by atoms with Gasteiger partial charge in [-0.25, -0.2) is 0 Å². The first kappa shape index (κ1) is 14.3. The van der Waals surface area contributed by atoms with Crippen molar-refractivity contribution in [3.63, 3.8) is 0 Å². The maximum absolute atomic E-state index is 10.6. The molecule has 1 saturated heterocycles. The molecule has 18 heavy (non-hydrogen) atoms. The molecule has 0 spiro atoms. The molecule has 2 N–H and O–H groups in total. The number of likely N-dealkylation sites (N-methyl/N-ethyl adjacent to an activating group) is 1. The van der Waals surface area contributed by atoms with Gasteiger partial charge in [0, 0.05) is 19.1 Å². The molecule has 1 unspecified atom stereocenters. The lowest BCUT2D eigenvalue weighted by Crippen LogP contribution is -2.51. The number of hydrogen-bond acceptors (Lipinski definition) is 3. The summed E-state index contributed by atoms with van der Waals surface area (Å²) in [4.78, 5) is 2.38. The highest BCUT2D eigenvalue weighted by molar-refractivity contribution is 4.91. The van der Waals surface area contributed by atoms with Crippen LogP contribution in [0.5, 0.6) is 0 Å². The first-order valence-electron chi connectivity index (χ1n) is 7.53. The third-order valence-electron chi connectivity index (χ3n) is 4.88. The molecule has 1 heterocycles. The summed E-state index contributed by atoms with van der Waals surface area (Å²) >= 11 is 0. The first-order valence-corrected chi connectivity index (χ1v) is 7.53. The van der Waals surface area contributed by atoms with Gasteiger partial charge in [0.2, 0.25) is 0 Å². The summed E-state index contributed by atoms with van der Waals surface area (Å²) in [6.45, 7) is 7.76. The second-order valence-electron chi connectivity index (χ2n) is 7.37. The van der Waals surface area contributed by atoms with E-state index in [4.69, 9.17) is 0 Å². The van der Waals surface area contributed by atoms with E-state index in [-0.39, 0.29) is 0 Å². The van der Waals surface area contributed by atoms with E-state index in [0.717, 1.165) is 38.8 Å². The fourth-order valence-corrected chi connectivity index (χ4v) is 3.24. The molecule has 0 aromatic carbocycles. The lowest BCUT2D eigenvalue weighted by Gasteiger charge is -2.41. The van der Waals surface area contributed by atoms with Gasteiger partial charge in [0.1, 0.15) is 0 Å². The summed E-state index contributed by atoms with van der Waals surface area (Å²) in [7, 11) is 2.19. The minimum absolute atomic E-state index is 0.428. The maximum Gasteiger partial charge on any atom is 0.0772 e.